The van der Waals surface area contributed by atoms with Crippen LogP contribution < -0.4 is 10.2 Å². The minimum Gasteiger partial charge on any atom is -0.465 e. The van der Waals surface area contributed by atoms with Gasteiger partial charge in [-0.1, -0.05) is 6.92 Å². The van der Waals surface area contributed by atoms with Gasteiger partial charge in [-0.2, -0.15) is 0 Å². The summed E-state index contributed by atoms with van der Waals surface area (Å²) >= 11 is 0. The summed E-state index contributed by atoms with van der Waals surface area (Å²) in [4.78, 5) is 17.5. The summed E-state index contributed by atoms with van der Waals surface area (Å²) in [6.45, 7) is 4.18. The van der Waals surface area contributed by atoms with Crippen LogP contribution in [0.5, 0.6) is 0 Å². The van der Waals surface area contributed by atoms with Crippen LogP contribution in [-0.2, 0) is 4.74 Å². The number of nitrogens with one attached hydrogen (secondary N) is 2. The number of amides is 1. The first-order valence-electron chi connectivity index (χ1n) is 6.94. The highest BCUT2D eigenvalue weighted by atomic mass is 16.5. The number of ether oxygens (including phenoxy) is 1. The molecule has 2 N–H and O–H groups in total. The molecule has 1 heterocycles. The van der Waals surface area contributed by atoms with E-state index in [0.717, 1.165) is 19.4 Å². The van der Waals surface area contributed by atoms with Gasteiger partial charge in [-0.3, -0.25) is 10.1 Å². The van der Waals surface area contributed by atoms with Crippen molar-refractivity contribution < 1.29 is 18.8 Å². The first-order valence-corrected chi connectivity index (χ1v) is 6.94. The average molecular weight is 282 g/mol. The summed E-state index contributed by atoms with van der Waals surface area (Å²) in [6.07, 6.45) is 3.26. The Morgan fingerprint density at radius 3 is 2.90 bits per heavy atom. The van der Waals surface area contributed by atoms with Gasteiger partial charge >= 0.3 is 0 Å². The lowest BCUT2D eigenvalue weighted by molar-refractivity contribution is -0.858. The van der Waals surface area contributed by atoms with E-state index in [1.165, 1.54) is 11.2 Å². The van der Waals surface area contributed by atoms with Gasteiger partial charge in [0.1, 0.15) is 0 Å². The number of furan rings is 1. The van der Waals surface area contributed by atoms with Gasteiger partial charge in [-0.25, -0.2) is 4.99 Å². The third kappa shape index (κ3) is 6.38. The number of nitrogens with zero attached hydrogens (tertiary/aromatic N) is 1. The van der Waals surface area contributed by atoms with E-state index in [4.69, 9.17) is 9.15 Å². The Balaban J connectivity index is 2.50. The molecule has 0 aromatic carbocycles. The second-order valence-electron chi connectivity index (χ2n) is 4.78. The van der Waals surface area contributed by atoms with Crippen molar-refractivity contribution >= 4 is 11.9 Å². The normalized spacial score (nSPS) is 11.7. The number of quaternary nitrogens is 1. The molecular weight excluding hydrogens is 258 g/mol. The van der Waals surface area contributed by atoms with Gasteiger partial charge in [0, 0.05) is 13.0 Å². The molecule has 0 saturated carbocycles. The van der Waals surface area contributed by atoms with Crippen LogP contribution in [0.1, 0.15) is 30.3 Å². The molecule has 0 aliphatic carbocycles. The molecule has 1 amide bonds. The van der Waals surface area contributed by atoms with Gasteiger partial charge in [0.25, 0.3) is 11.9 Å². The molecular formula is C14H24N3O3+. The molecule has 20 heavy (non-hydrogen) atoms. The molecule has 0 saturated heterocycles. The third-order valence-corrected chi connectivity index (χ3v) is 2.50. The van der Waals surface area contributed by atoms with Crippen molar-refractivity contribution in [3.05, 3.63) is 24.2 Å². The fourth-order valence-electron chi connectivity index (χ4n) is 1.50. The smallest absolute Gasteiger partial charge is 0.294 e. The third-order valence-electron chi connectivity index (χ3n) is 2.50. The van der Waals surface area contributed by atoms with E-state index in [0.29, 0.717) is 13.2 Å². The van der Waals surface area contributed by atoms with Crippen LogP contribution in [0.2, 0.25) is 0 Å². The zero-order chi connectivity index (χ0) is 14.8. The van der Waals surface area contributed by atoms with Crippen molar-refractivity contribution in [1.29, 1.82) is 0 Å². The second kappa shape index (κ2) is 9.14. The van der Waals surface area contributed by atoms with Gasteiger partial charge in [-0.15, -0.1) is 0 Å². The van der Waals surface area contributed by atoms with Crippen LogP contribution in [0.3, 0.4) is 0 Å². The maximum absolute atomic E-state index is 11.9. The SMILES string of the molecule is CCCOC(=NCCC[NH+](C)C)NC(=O)c1ccco1. The van der Waals surface area contributed by atoms with Crippen LogP contribution >= 0.6 is 0 Å². The van der Waals surface area contributed by atoms with Gasteiger partial charge in [0.15, 0.2) is 5.76 Å². The number of aliphatic imine (C=N–C) groups is 1. The van der Waals surface area contributed by atoms with Crippen LogP contribution in [-0.4, -0.2) is 45.7 Å². The van der Waals surface area contributed by atoms with Gasteiger partial charge in [0.05, 0.1) is 33.5 Å². The Hall–Kier alpha value is -1.82. The van der Waals surface area contributed by atoms with E-state index >= 15 is 0 Å². The van der Waals surface area contributed by atoms with Crippen molar-refractivity contribution in [2.75, 3.05) is 33.8 Å². The Kier molecular flexibility index (Phi) is 7.42. The average Bonchev–Trinajstić information content (AvgIpc) is 2.94. The molecule has 1 aromatic rings. The molecule has 6 nitrogen and oxygen atoms in total. The first-order chi connectivity index (χ1) is 9.63. The van der Waals surface area contributed by atoms with Gasteiger partial charge in [0.2, 0.25) is 0 Å². The van der Waals surface area contributed by atoms with Gasteiger partial charge < -0.3 is 14.1 Å². The molecule has 1 rings (SSSR count). The summed E-state index contributed by atoms with van der Waals surface area (Å²) in [5.41, 5.74) is 0. The van der Waals surface area contributed by atoms with E-state index in [1.54, 1.807) is 12.1 Å². The minimum atomic E-state index is -0.344. The van der Waals surface area contributed by atoms with E-state index in [9.17, 15) is 4.79 Å². The summed E-state index contributed by atoms with van der Waals surface area (Å²) in [6, 6.07) is 3.53. The van der Waals surface area contributed by atoms with Crippen LogP contribution in [0.4, 0.5) is 0 Å². The second-order valence-corrected chi connectivity index (χ2v) is 4.78. The quantitative estimate of drug-likeness (QED) is 0.430. The van der Waals surface area contributed by atoms with Crippen LogP contribution in [0.25, 0.3) is 0 Å². The molecule has 0 bridgehead atoms. The minimum absolute atomic E-state index is 0.246. The molecule has 0 atom stereocenters. The van der Waals surface area contributed by atoms with E-state index in [-0.39, 0.29) is 17.7 Å². The highest BCUT2D eigenvalue weighted by Crippen LogP contribution is 1.99. The zero-order valence-electron chi connectivity index (χ0n) is 12.4. The predicted molar refractivity (Wildman–Crippen MR) is 77.0 cm³/mol. The van der Waals surface area contributed by atoms with Crippen LogP contribution in [0, 0.1) is 0 Å². The number of amidine groups is 1. The lowest BCUT2D eigenvalue weighted by Crippen LogP contribution is -3.05. The number of carbonyl (C=O) groups is 1. The highest BCUT2D eigenvalue weighted by molar-refractivity contribution is 6.02. The van der Waals surface area contributed by atoms with E-state index < -0.39 is 0 Å². The summed E-state index contributed by atoms with van der Waals surface area (Å²) < 4.78 is 10.5. The molecule has 1 aromatic heterocycles. The molecule has 0 fully saturated rings. The monoisotopic (exact) mass is 282 g/mol. The lowest BCUT2D eigenvalue weighted by atomic mass is 10.4. The number of hydrogen-bond donors (Lipinski definition) is 2. The molecule has 6 heteroatoms. The summed E-state index contributed by atoms with van der Waals surface area (Å²) in [7, 11) is 4.19. The van der Waals surface area contributed by atoms with Gasteiger partial charge in [-0.05, 0) is 18.6 Å². The highest BCUT2D eigenvalue weighted by Gasteiger charge is 2.12. The predicted octanol–water partition coefficient (Wildman–Crippen LogP) is 0.327. The topological polar surface area (TPSA) is 68.3 Å². The van der Waals surface area contributed by atoms with Crippen molar-refractivity contribution in [3.63, 3.8) is 0 Å². The largest absolute Gasteiger partial charge is 0.465 e. The zero-order valence-corrected chi connectivity index (χ0v) is 12.4. The Morgan fingerprint density at radius 2 is 2.30 bits per heavy atom. The molecule has 0 radical (unpaired) electrons. The van der Waals surface area contributed by atoms with Crippen LogP contribution in [0.15, 0.2) is 27.8 Å². The van der Waals surface area contributed by atoms with E-state index in [1.807, 2.05) is 6.92 Å². The Bertz CT molecular complexity index is 413. The molecule has 0 aliphatic rings. The molecule has 0 aliphatic heterocycles. The van der Waals surface area contributed by atoms with Crippen molar-refractivity contribution in [2.45, 2.75) is 19.8 Å². The number of rotatable bonds is 7. The molecule has 0 spiro atoms. The maximum atomic E-state index is 11.9. The lowest BCUT2D eigenvalue weighted by Gasteiger charge is -2.09. The Labute approximate surface area is 119 Å². The standard InChI is InChI=1S/C14H23N3O3/c1-4-10-20-14(15-8-6-9-17(2)3)16-13(18)12-7-5-11-19-12/h5,7,11H,4,6,8-10H2,1-3H3,(H,15,16,18)/p+1. The first kappa shape index (κ1) is 16.2. The maximum Gasteiger partial charge on any atom is 0.294 e. The molecule has 0 unspecified atom stereocenters. The summed E-state index contributed by atoms with van der Waals surface area (Å²) in [5.74, 6) is -0.0985. The fourth-order valence-corrected chi connectivity index (χ4v) is 1.50. The summed E-state index contributed by atoms with van der Waals surface area (Å²) in [5, 5.41) is 2.63. The number of carbonyl (C=O) groups excluding carboxylic acids is 1. The van der Waals surface area contributed by atoms with Crippen molar-refractivity contribution in [3.8, 4) is 0 Å². The van der Waals surface area contributed by atoms with E-state index in [2.05, 4.69) is 24.4 Å². The fraction of sp³-hybridized carbons (Fsp3) is 0.571. The number of hydrogen-bond acceptors (Lipinski definition) is 4. The molecule has 112 valence electrons. The Morgan fingerprint density at radius 1 is 1.50 bits per heavy atom. The van der Waals surface area contributed by atoms with Crippen molar-refractivity contribution in [2.24, 2.45) is 4.99 Å². The van der Waals surface area contributed by atoms with Crippen molar-refractivity contribution in [1.82, 2.24) is 5.32 Å².